The van der Waals surface area contributed by atoms with Crippen LogP contribution in [0.25, 0.3) is 16.7 Å². The second kappa shape index (κ2) is 8.31. The first-order valence-electron chi connectivity index (χ1n) is 9.92. The Morgan fingerprint density at radius 3 is 2.39 bits per heavy atom. The molecule has 0 aliphatic heterocycles. The highest BCUT2D eigenvalue weighted by Crippen LogP contribution is 2.34. The summed E-state index contributed by atoms with van der Waals surface area (Å²) < 4.78 is 0. The maximum absolute atomic E-state index is 12.5. The molecule has 2 N–H and O–H groups in total. The number of benzene rings is 3. The number of phenolic OH excluding ortho intramolecular Hbond substituents is 2. The highest BCUT2D eigenvalue weighted by Gasteiger charge is 2.16. The maximum Gasteiger partial charge on any atom is 0.250 e. The number of rotatable bonds is 6. The van der Waals surface area contributed by atoms with Crippen molar-refractivity contribution >= 4 is 28.1 Å². The number of aromatic nitrogens is 3. The van der Waals surface area contributed by atoms with Gasteiger partial charge in [0.05, 0.1) is 5.10 Å². The minimum atomic E-state index is -0.110. The van der Waals surface area contributed by atoms with Gasteiger partial charge in [-0.25, -0.2) is 0 Å². The number of phenols is 2. The van der Waals surface area contributed by atoms with Crippen LogP contribution in [0.1, 0.15) is 13.8 Å². The van der Waals surface area contributed by atoms with Gasteiger partial charge >= 0.3 is 0 Å². The van der Waals surface area contributed by atoms with Crippen molar-refractivity contribution < 1.29 is 15.1 Å². The zero-order valence-electron chi connectivity index (χ0n) is 17.2. The van der Waals surface area contributed by atoms with Gasteiger partial charge in [-0.3, -0.25) is 0 Å². The fraction of sp³-hybridized carbons (Fsp3) is 0.182. The Morgan fingerprint density at radius 2 is 1.68 bits per heavy atom. The molecule has 9 nitrogen and oxygen atoms in total. The monoisotopic (exact) mass is 418 g/mol. The molecule has 0 aliphatic carbocycles. The summed E-state index contributed by atoms with van der Waals surface area (Å²) in [5, 5.41) is 45.5. The standard InChI is InChI=1S/C22H22N6O3/c1-3-26(4-2)15-9-11-18(22(30)14-15)23-24-19-13-16(10-12-21(19)29)27-25-17-7-5-6-8-20(17)28(27)31/h5-14,29-30H,3-4H2,1-2H3. The van der Waals surface area contributed by atoms with E-state index in [1.807, 2.05) is 19.9 Å². The molecule has 0 saturated carbocycles. The summed E-state index contributed by atoms with van der Waals surface area (Å²) in [5.41, 5.74) is 2.69. The van der Waals surface area contributed by atoms with Crippen molar-refractivity contribution in [2.45, 2.75) is 13.8 Å². The Labute approximate surface area is 178 Å². The number of azo groups is 1. The summed E-state index contributed by atoms with van der Waals surface area (Å²) in [7, 11) is 0. The molecule has 31 heavy (non-hydrogen) atoms. The first-order chi connectivity index (χ1) is 15.0. The molecule has 0 amide bonds. The lowest BCUT2D eigenvalue weighted by Crippen LogP contribution is -2.37. The Bertz CT molecular complexity index is 1260. The van der Waals surface area contributed by atoms with Crippen molar-refractivity contribution in [3.05, 3.63) is 65.9 Å². The summed E-state index contributed by atoms with van der Waals surface area (Å²) in [5.74, 6) is -0.125. The summed E-state index contributed by atoms with van der Waals surface area (Å²) in [6.45, 7) is 5.72. The van der Waals surface area contributed by atoms with E-state index in [0.717, 1.165) is 18.8 Å². The molecule has 0 aliphatic rings. The molecule has 1 aromatic heterocycles. The van der Waals surface area contributed by atoms with E-state index in [-0.39, 0.29) is 22.9 Å². The predicted molar refractivity (Wildman–Crippen MR) is 118 cm³/mol. The molecule has 0 fully saturated rings. The molecule has 0 unspecified atom stereocenters. The van der Waals surface area contributed by atoms with Crippen molar-refractivity contribution in [1.29, 1.82) is 0 Å². The minimum absolute atomic E-state index is 0.0143. The van der Waals surface area contributed by atoms with Crippen molar-refractivity contribution in [3.63, 3.8) is 0 Å². The zero-order chi connectivity index (χ0) is 22.0. The smallest absolute Gasteiger partial charge is 0.250 e. The molecule has 1 heterocycles. The molecule has 0 atom stereocenters. The van der Waals surface area contributed by atoms with E-state index in [4.69, 9.17) is 0 Å². The number of para-hydroxylation sites is 1. The molecule has 4 rings (SSSR count). The third kappa shape index (κ3) is 3.85. The largest absolute Gasteiger partial charge is 0.692 e. The van der Waals surface area contributed by atoms with Gasteiger partial charge in [0.15, 0.2) is 0 Å². The van der Waals surface area contributed by atoms with Crippen LogP contribution >= 0.6 is 0 Å². The van der Waals surface area contributed by atoms with E-state index in [0.29, 0.717) is 21.6 Å². The van der Waals surface area contributed by atoms with Crippen LogP contribution in [0.15, 0.2) is 70.9 Å². The Morgan fingerprint density at radius 1 is 0.935 bits per heavy atom. The molecule has 4 aromatic rings. The predicted octanol–water partition coefficient (Wildman–Crippen LogP) is 4.33. The number of fused-ring (bicyclic) bond motifs is 1. The van der Waals surface area contributed by atoms with E-state index in [9.17, 15) is 15.4 Å². The number of hydrogen-bond acceptors (Lipinski definition) is 7. The first kappa shape index (κ1) is 20.1. The SMILES string of the molecule is CCN(CC)c1ccc(N=Nc2cc(-n3nc4ccccc4[n+]3[O-])ccc2O)c(O)c1. The number of aromatic hydroxyl groups is 2. The van der Waals surface area contributed by atoms with E-state index in [1.165, 1.54) is 16.9 Å². The van der Waals surface area contributed by atoms with Crippen LogP contribution in [0.2, 0.25) is 0 Å². The summed E-state index contributed by atoms with van der Waals surface area (Å²) in [6, 6.07) is 16.6. The molecular formula is C22H22N6O3. The van der Waals surface area contributed by atoms with Gasteiger partial charge in [-0.05, 0) is 55.0 Å². The van der Waals surface area contributed by atoms with Gasteiger partial charge in [-0.1, -0.05) is 12.1 Å². The molecule has 0 radical (unpaired) electrons. The second-order valence-corrected chi connectivity index (χ2v) is 6.87. The van der Waals surface area contributed by atoms with E-state index >= 15 is 0 Å². The average molecular weight is 418 g/mol. The maximum atomic E-state index is 12.5. The lowest BCUT2D eigenvalue weighted by atomic mass is 10.2. The highest BCUT2D eigenvalue weighted by molar-refractivity contribution is 5.70. The fourth-order valence-electron chi connectivity index (χ4n) is 3.32. The van der Waals surface area contributed by atoms with E-state index in [1.54, 1.807) is 42.5 Å². The van der Waals surface area contributed by atoms with Crippen LogP contribution in [0.5, 0.6) is 11.5 Å². The molecule has 0 bridgehead atoms. The minimum Gasteiger partial charge on any atom is -0.692 e. The number of nitrogens with zero attached hydrogens (tertiary/aromatic N) is 6. The van der Waals surface area contributed by atoms with E-state index in [2.05, 4.69) is 20.2 Å². The molecule has 9 heteroatoms. The van der Waals surface area contributed by atoms with Gasteiger partial charge in [0.1, 0.15) is 28.6 Å². The normalized spacial score (nSPS) is 11.4. The summed E-state index contributed by atoms with van der Waals surface area (Å²) in [4.78, 5) is 3.95. The van der Waals surface area contributed by atoms with Crippen LogP contribution in [0.4, 0.5) is 17.1 Å². The van der Waals surface area contributed by atoms with Crippen molar-refractivity contribution in [2.24, 2.45) is 10.2 Å². The molecule has 3 aromatic carbocycles. The average Bonchev–Trinajstić information content (AvgIpc) is 3.12. The van der Waals surface area contributed by atoms with Gasteiger partial charge in [0, 0.05) is 30.9 Å². The van der Waals surface area contributed by atoms with Crippen LogP contribution in [-0.4, -0.2) is 33.2 Å². The quantitative estimate of drug-likeness (QED) is 0.275. The number of anilines is 1. The Kier molecular flexibility index (Phi) is 5.40. The summed E-state index contributed by atoms with van der Waals surface area (Å²) in [6.07, 6.45) is 0. The molecule has 158 valence electrons. The van der Waals surface area contributed by atoms with Gasteiger partial charge in [0.25, 0.3) is 0 Å². The Hall–Kier alpha value is -4.14. The first-order valence-corrected chi connectivity index (χ1v) is 9.92. The third-order valence-electron chi connectivity index (χ3n) is 5.01. The van der Waals surface area contributed by atoms with Crippen LogP contribution in [0.3, 0.4) is 0 Å². The Balaban J connectivity index is 1.66. The molecule has 0 spiro atoms. The fourth-order valence-corrected chi connectivity index (χ4v) is 3.32. The zero-order valence-corrected chi connectivity index (χ0v) is 17.2. The van der Waals surface area contributed by atoms with Gasteiger partial charge in [-0.15, -0.1) is 15.1 Å². The summed E-state index contributed by atoms with van der Waals surface area (Å²) >= 11 is 0. The van der Waals surface area contributed by atoms with E-state index < -0.39 is 0 Å². The lowest BCUT2D eigenvalue weighted by Gasteiger charge is -2.21. The topological polar surface area (TPSA) is 113 Å². The second-order valence-electron chi connectivity index (χ2n) is 6.87. The van der Waals surface area contributed by atoms with Gasteiger partial charge in [-0.2, -0.15) is 0 Å². The lowest BCUT2D eigenvalue weighted by molar-refractivity contribution is -0.664. The number of hydrogen-bond donors (Lipinski definition) is 2. The molecular weight excluding hydrogens is 396 g/mol. The van der Waals surface area contributed by atoms with Crippen molar-refractivity contribution in [1.82, 2.24) is 9.90 Å². The third-order valence-corrected chi connectivity index (χ3v) is 5.01. The molecule has 0 saturated heterocycles. The van der Waals surface area contributed by atoms with Crippen LogP contribution in [-0.2, 0) is 0 Å². The van der Waals surface area contributed by atoms with Crippen molar-refractivity contribution in [2.75, 3.05) is 18.0 Å². The van der Waals surface area contributed by atoms with Gasteiger partial charge < -0.3 is 20.3 Å². The highest BCUT2D eigenvalue weighted by atomic mass is 16.5. The van der Waals surface area contributed by atoms with Crippen LogP contribution < -0.4 is 9.75 Å². The van der Waals surface area contributed by atoms with Crippen LogP contribution in [0, 0.1) is 5.21 Å². The van der Waals surface area contributed by atoms with Gasteiger partial charge in [0.2, 0.25) is 11.0 Å². The van der Waals surface area contributed by atoms with Crippen molar-refractivity contribution in [3.8, 4) is 17.2 Å².